The Hall–Kier alpha value is -4.16. The summed E-state index contributed by atoms with van der Waals surface area (Å²) >= 11 is 0. The van der Waals surface area contributed by atoms with Gasteiger partial charge in [0.15, 0.2) is 0 Å². The number of anilines is 1. The zero-order chi connectivity index (χ0) is 27.6. The number of hydrogen-bond donors (Lipinski definition) is 0. The van der Waals surface area contributed by atoms with Crippen molar-refractivity contribution < 1.29 is 37.0 Å². The molecule has 3 heterocycles. The maximum absolute atomic E-state index is 12.3. The zero-order valence-corrected chi connectivity index (χ0v) is 21.1. The molecule has 5 rings (SSSR count). The van der Waals surface area contributed by atoms with E-state index >= 15 is 0 Å². The number of hydrogen-bond acceptors (Lipinski definition) is 8. The number of nitro groups is 1. The molecule has 2 aliphatic heterocycles. The number of aromatic nitrogens is 2. The van der Waals surface area contributed by atoms with Crippen molar-refractivity contribution in [3.63, 3.8) is 0 Å². The minimum absolute atomic E-state index is 0.0332. The molecule has 208 valence electrons. The van der Waals surface area contributed by atoms with Crippen LogP contribution in [0.3, 0.4) is 0 Å². The van der Waals surface area contributed by atoms with Crippen LogP contribution in [0.2, 0.25) is 0 Å². The minimum Gasteiger partial charge on any atom is -0.493 e. The molecular weight excluding hydrogens is 521 g/mol. The Morgan fingerprint density at radius 2 is 1.72 bits per heavy atom. The summed E-state index contributed by atoms with van der Waals surface area (Å²) in [5.41, 5.74) is 0.672. The van der Waals surface area contributed by atoms with E-state index in [2.05, 4.69) is 14.6 Å². The monoisotopic (exact) mass is 548 g/mol. The van der Waals surface area contributed by atoms with Crippen LogP contribution >= 0.6 is 0 Å². The standard InChI is InChI=1S/C26H27F3N4O6/c1-25(15-32-14-23(33(34)35)30-24(32)37-17-25)16-36-19-4-2-18(3-5-19)31-12-10-21(11-13-31)38-20-6-8-22(9-7-20)39-26(27,28)29/h2-9,14,21H,10-13,15-17H2,1H3/t25-/m1/s1. The highest BCUT2D eigenvalue weighted by atomic mass is 19.4. The van der Waals surface area contributed by atoms with Gasteiger partial charge in [0.2, 0.25) is 0 Å². The van der Waals surface area contributed by atoms with Gasteiger partial charge in [0.25, 0.3) is 0 Å². The van der Waals surface area contributed by atoms with E-state index in [1.54, 1.807) is 4.57 Å². The Balaban J connectivity index is 1.08. The number of rotatable bonds is 8. The Bertz CT molecular complexity index is 1290. The fourth-order valence-electron chi connectivity index (χ4n) is 4.64. The van der Waals surface area contributed by atoms with Gasteiger partial charge >= 0.3 is 18.2 Å². The zero-order valence-electron chi connectivity index (χ0n) is 21.1. The summed E-state index contributed by atoms with van der Waals surface area (Å²) in [7, 11) is 0. The molecule has 0 saturated carbocycles. The van der Waals surface area contributed by atoms with Crippen molar-refractivity contribution in [2.45, 2.75) is 38.8 Å². The lowest BCUT2D eigenvalue weighted by atomic mass is 9.92. The van der Waals surface area contributed by atoms with Crippen molar-refractivity contribution in [1.29, 1.82) is 0 Å². The number of ether oxygens (including phenoxy) is 4. The van der Waals surface area contributed by atoms with E-state index in [4.69, 9.17) is 14.2 Å². The summed E-state index contributed by atoms with van der Waals surface area (Å²) in [6.07, 6.45) is -1.84. The molecule has 13 heteroatoms. The quantitative estimate of drug-likeness (QED) is 0.279. The van der Waals surface area contributed by atoms with Crippen LogP contribution in [0.1, 0.15) is 19.8 Å². The van der Waals surface area contributed by atoms with Gasteiger partial charge in [-0.2, -0.15) is 0 Å². The Morgan fingerprint density at radius 1 is 1.08 bits per heavy atom. The maximum atomic E-state index is 12.3. The van der Waals surface area contributed by atoms with E-state index in [1.165, 1.54) is 30.5 Å². The molecule has 2 aliphatic rings. The number of benzene rings is 2. The van der Waals surface area contributed by atoms with Gasteiger partial charge in [-0.15, -0.1) is 13.2 Å². The molecule has 3 aromatic rings. The van der Waals surface area contributed by atoms with Crippen LogP contribution < -0.4 is 23.8 Å². The lowest BCUT2D eigenvalue weighted by Crippen LogP contribution is -2.40. The van der Waals surface area contributed by atoms with Crippen molar-refractivity contribution in [2.24, 2.45) is 5.41 Å². The highest BCUT2D eigenvalue weighted by Crippen LogP contribution is 2.32. The highest BCUT2D eigenvalue weighted by Gasteiger charge is 2.36. The Labute approximate surface area is 222 Å². The van der Waals surface area contributed by atoms with E-state index in [9.17, 15) is 23.3 Å². The van der Waals surface area contributed by atoms with E-state index in [-0.39, 0.29) is 29.1 Å². The molecule has 2 aromatic carbocycles. The molecule has 0 bridgehead atoms. The van der Waals surface area contributed by atoms with Crippen LogP contribution in [0.15, 0.2) is 54.7 Å². The summed E-state index contributed by atoms with van der Waals surface area (Å²) in [5.74, 6) is 0.689. The topological polar surface area (TPSA) is 101 Å². The van der Waals surface area contributed by atoms with Crippen LogP contribution in [0.25, 0.3) is 0 Å². The molecule has 1 atom stereocenters. The number of halogens is 3. The van der Waals surface area contributed by atoms with E-state index in [0.29, 0.717) is 31.3 Å². The third-order valence-electron chi connectivity index (χ3n) is 6.61. The molecular formula is C26H27F3N4O6. The third kappa shape index (κ3) is 6.65. The second-order valence-corrected chi connectivity index (χ2v) is 9.97. The van der Waals surface area contributed by atoms with Crippen LogP contribution in [0.5, 0.6) is 23.3 Å². The Kier molecular flexibility index (Phi) is 7.15. The SMILES string of the molecule is C[C@@]1(COc2ccc(N3CCC(Oc4ccc(OC(F)(F)F)cc4)CC3)cc2)COc2nc([N+](=O)[O-])cn2C1. The third-order valence-corrected chi connectivity index (χ3v) is 6.61. The summed E-state index contributed by atoms with van der Waals surface area (Å²) in [6.45, 7) is 4.73. The average Bonchev–Trinajstić information content (AvgIpc) is 3.32. The van der Waals surface area contributed by atoms with Crippen LogP contribution in [-0.2, 0) is 6.54 Å². The van der Waals surface area contributed by atoms with Gasteiger partial charge in [0.1, 0.15) is 36.2 Å². The molecule has 0 unspecified atom stereocenters. The van der Waals surface area contributed by atoms with Crippen molar-refractivity contribution in [2.75, 3.05) is 31.2 Å². The number of alkyl halides is 3. The first-order chi connectivity index (χ1) is 18.6. The minimum atomic E-state index is -4.72. The fraction of sp³-hybridized carbons (Fsp3) is 0.423. The normalized spacial score (nSPS) is 19.6. The molecule has 0 spiro atoms. The highest BCUT2D eigenvalue weighted by molar-refractivity contribution is 5.49. The number of nitrogens with zero attached hydrogens (tertiary/aromatic N) is 4. The van der Waals surface area contributed by atoms with Crippen molar-refractivity contribution in [3.05, 3.63) is 64.8 Å². The average molecular weight is 549 g/mol. The van der Waals surface area contributed by atoms with E-state index in [1.807, 2.05) is 31.2 Å². The van der Waals surface area contributed by atoms with Gasteiger partial charge in [0.05, 0.1) is 12.0 Å². The van der Waals surface area contributed by atoms with Gasteiger partial charge in [0, 0.05) is 43.1 Å². The Morgan fingerprint density at radius 3 is 2.36 bits per heavy atom. The summed E-state index contributed by atoms with van der Waals surface area (Å²) in [5, 5.41) is 11.0. The van der Waals surface area contributed by atoms with Gasteiger partial charge < -0.3 is 34.0 Å². The summed E-state index contributed by atoms with van der Waals surface area (Å²) in [4.78, 5) is 16.6. The molecule has 1 aromatic heterocycles. The second-order valence-electron chi connectivity index (χ2n) is 9.97. The first-order valence-electron chi connectivity index (χ1n) is 12.4. The molecule has 1 fully saturated rings. The van der Waals surface area contributed by atoms with Crippen molar-refractivity contribution >= 4 is 11.5 Å². The number of fused-ring (bicyclic) bond motifs is 1. The molecule has 0 radical (unpaired) electrons. The van der Waals surface area contributed by atoms with E-state index in [0.717, 1.165) is 31.6 Å². The molecule has 1 saturated heterocycles. The number of piperidine rings is 1. The van der Waals surface area contributed by atoms with Crippen molar-refractivity contribution in [3.8, 4) is 23.3 Å². The molecule has 0 N–H and O–H groups in total. The molecule has 39 heavy (non-hydrogen) atoms. The van der Waals surface area contributed by atoms with Crippen LogP contribution in [0.4, 0.5) is 24.7 Å². The predicted molar refractivity (Wildman–Crippen MR) is 133 cm³/mol. The maximum Gasteiger partial charge on any atom is 0.573 e. The van der Waals surface area contributed by atoms with E-state index < -0.39 is 11.3 Å². The summed E-state index contributed by atoms with van der Waals surface area (Å²) in [6, 6.07) is 13.5. The first kappa shape index (κ1) is 26.4. The molecule has 0 amide bonds. The van der Waals surface area contributed by atoms with Gasteiger partial charge in [-0.1, -0.05) is 6.92 Å². The van der Waals surface area contributed by atoms with Gasteiger partial charge in [-0.05, 0) is 53.5 Å². The van der Waals surface area contributed by atoms with Gasteiger partial charge in [-0.3, -0.25) is 4.57 Å². The largest absolute Gasteiger partial charge is 0.573 e. The molecule has 0 aliphatic carbocycles. The van der Waals surface area contributed by atoms with Gasteiger partial charge in [-0.25, -0.2) is 0 Å². The van der Waals surface area contributed by atoms with Crippen molar-refractivity contribution in [1.82, 2.24) is 9.55 Å². The predicted octanol–water partition coefficient (Wildman–Crippen LogP) is 5.22. The summed E-state index contributed by atoms with van der Waals surface area (Å²) < 4.78 is 60.1. The number of imidazole rings is 1. The smallest absolute Gasteiger partial charge is 0.493 e. The molecule has 10 nitrogen and oxygen atoms in total. The van der Waals surface area contributed by atoms with Crippen LogP contribution in [0, 0.1) is 15.5 Å². The lowest BCUT2D eigenvalue weighted by molar-refractivity contribution is -0.389. The fourth-order valence-corrected chi connectivity index (χ4v) is 4.64. The van der Waals surface area contributed by atoms with Crippen LogP contribution in [-0.4, -0.2) is 53.2 Å². The second kappa shape index (κ2) is 10.5. The first-order valence-corrected chi connectivity index (χ1v) is 12.4. The lowest BCUT2D eigenvalue weighted by Gasteiger charge is -2.34.